The molecular weight excluding hydrogens is 336 g/mol. The van der Waals surface area contributed by atoms with Crippen LogP contribution in [0.25, 0.3) is 5.69 Å². The number of carboxylic acids is 1. The monoisotopic (exact) mass is 345 g/mol. The Morgan fingerprint density at radius 1 is 1.40 bits per heavy atom. The normalized spacial score (nSPS) is 10.8. The molecule has 1 aromatic heterocycles. The molecule has 0 spiro atoms. The third-order valence-corrected chi connectivity index (χ3v) is 3.28. The summed E-state index contributed by atoms with van der Waals surface area (Å²) in [6.45, 7) is 1.83. The Balaban J connectivity index is 2.63. The van der Waals surface area contributed by atoms with Crippen LogP contribution in [0.2, 0.25) is 0 Å². The first-order valence-corrected chi connectivity index (χ1v) is 6.57. The largest absolute Gasteiger partial charge is 0.476 e. The number of aromatic carboxylic acids is 1. The molecule has 0 radical (unpaired) electrons. The van der Waals surface area contributed by atoms with E-state index in [1.165, 1.54) is 0 Å². The lowest BCUT2D eigenvalue weighted by atomic mass is 10.2. The fourth-order valence-corrected chi connectivity index (χ4v) is 2.11. The van der Waals surface area contributed by atoms with E-state index in [9.17, 15) is 13.6 Å². The molecule has 0 saturated carbocycles. The SMILES string of the molecule is CCCc1c(C(=O)O)nnn1-c1cc(F)c(Br)cc1F. The Bertz CT molecular complexity index is 673. The first-order chi connectivity index (χ1) is 9.45. The maximum Gasteiger partial charge on any atom is 0.358 e. The molecule has 1 heterocycles. The summed E-state index contributed by atoms with van der Waals surface area (Å²) in [5.74, 6) is -2.65. The van der Waals surface area contributed by atoms with Gasteiger partial charge in [0.15, 0.2) is 5.69 Å². The van der Waals surface area contributed by atoms with Gasteiger partial charge in [0.05, 0.1) is 10.2 Å². The molecule has 0 amide bonds. The molecule has 2 aromatic rings. The van der Waals surface area contributed by atoms with Crippen LogP contribution < -0.4 is 0 Å². The number of hydrogen-bond donors (Lipinski definition) is 1. The van der Waals surface area contributed by atoms with Gasteiger partial charge in [-0.05, 0) is 28.4 Å². The number of benzene rings is 1. The van der Waals surface area contributed by atoms with E-state index in [1.54, 1.807) is 0 Å². The van der Waals surface area contributed by atoms with Crippen LogP contribution in [0.3, 0.4) is 0 Å². The van der Waals surface area contributed by atoms with E-state index in [2.05, 4.69) is 26.2 Å². The van der Waals surface area contributed by atoms with Crippen molar-refractivity contribution in [3.63, 3.8) is 0 Å². The van der Waals surface area contributed by atoms with Crippen LogP contribution in [0.15, 0.2) is 16.6 Å². The standard InChI is InChI=1S/C12H10BrF2N3O2/c1-2-3-9-11(12(19)20)16-17-18(9)10-5-7(14)6(13)4-8(10)15/h4-5H,2-3H2,1H3,(H,19,20). The maximum absolute atomic E-state index is 13.9. The van der Waals surface area contributed by atoms with Crippen LogP contribution in [0, 0.1) is 11.6 Å². The Hall–Kier alpha value is -1.83. The molecule has 2 rings (SSSR count). The van der Waals surface area contributed by atoms with Crippen LogP contribution in [-0.2, 0) is 6.42 Å². The predicted octanol–water partition coefficient (Wildman–Crippen LogP) is 2.96. The highest BCUT2D eigenvalue weighted by Gasteiger charge is 2.21. The summed E-state index contributed by atoms with van der Waals surface area (Å²) >= 11 is 2.88. The molecule has 8 heteroatoms. The number of hydrogen-bond acceptors (Lipinski definition) is 3. The number of aromatic nitrogens is 3. The van der Waals surface area contributed by atoms with Crippen molar-refractivity contribution in [3.8, 4) is 5.69 Å². The van der Waals surface area contributed by atoms with Gasteiger partial charge in [-0.15, -0.1) is 5.10 Å². The van der Waals surface area contributed by atoms with Crippen molar-refractivity contribution in [1.29, 1.82) is 0 Å². The minimum atomic E-state index is -1.25. The molecule has 0 atom stereocenters. The smallest absolute Gasteiger partial charge is 0.358 e. The zero-order valence-electron chi connectivity index (χ0n) is 10.4. The summed E-state index contributed by atoms with van der Waals surface area (Å²) < 4.78 is 28.5. The van der Waals surface area contributed by atoms with Crippen LogP contribution in [0.5, 0.6) is 0 Å². The van der Waals surface area contributed by atoms with E-state index in [0.717, 1.165) is 16.8 Å². The van der Waals surface area contributed by atoms with Gasteiger partial charge in [-0.3, -0.25) is 0 Å². The van der Waals surface area contributed by atoms with Gasteiger partial charge in [0.25, 0.3) is 0 Å². The second-order valence-electron chi connectivity index (χ2n) is 4.07. The highest BCUT2D eigenvalue weighted by Crippen LogP contribution is 2.24. The summed E-state index contributed by atoms with van der Waals surface area (Å²) in [6, 6.07) is 1.90. The maximum atomic E-state index is 13.9. The molecule has 0 aliphatic carbocycles. The van der Waals surface area contributed by atoms with Gasteiger partial charge in [0.2, 0.25) is 0 Å². The lowest BCUT2D eigenvalue weighted by molar-refractivity contribution is 0.0689. The summed E-state index contributed by atoms with van der Waals surface area (Å²) in [6.07, 6.45) is 0.958. The summed E-state index contributed by atoms with van der Waals surface area (Å²) in [7, 11) is 0. The van der Waals surface area contributed by atoms with Crippen molar-refractivity contribution in [2.45, 2.75) is 19.8 Å². The Morgan fingerprint density at radius 2 is 2.10 bits per heavy atom. The Morgan fingerprint density at radius 3 is 2.70 bits per heavy atom. The molecule has 5 nitrogen and oxygen atoms in total. The summed E-state index contributed by atoms with van der Waals surface area (Å²) in [5, 5.41) is 16.2. The molecular formula is C12H10BrF2N3O2. The van der Waals surface area contributed by atoms with Gasteiger partial charge < -0.3 is 5.11 Å². The second-order valence-corrected chi connectivity index (χ2v) is 4.92. The van der Waals surface area contributed by atoms with E-state index < -0.39 is 17.6 Å². The van der Waals surface area contributed by atoms with Gasteiger partial charge in [0.1, 0.15) is 17.3 Å². The first-order valence-electron chi connectivity index (χ1n) is 5.78. The molecule has 1 N–H and O–H groups in total. The molecule has 0 saturated heterocycles. The van der Waals surface area contributed by atoms with Crippen molar-refractivity contribution in [3.05, 3.63) is 39.6 Å². The topological polar surface area (TPSA) is 68.0 Å². The molecule has 20 heavy (non-hydrogen) atoms. The van der Waals surface area contributed by atoms with Crippen molar-refractivity contribution >= 4 is 21.9 Å². The molecule has 0 unspecified atom stereocenters. The fraction of sp³-hybridized carbons (Fsp3) is 0.250. The fourth-order valence-electron chi connectivity index (χ4n) is 1.80. The number of halogens is 3. The number of rotatable bonds is 4. The Labute approximate surface area is 121 Å². The first kappa shape index (κ1) is 14.6. The third-order valence-electron chi connectivity index (χ3n) is 2.67. The van der Waals surface area contributed by atoms with Crippen LogP contribution >= 0.6 is 15.9 Å². The number of nitrogens with zero attached hydrogens (tertiary/aromatic N) is 3. The molecule has 106 valence electrons. The molecule has 0 fully saturated rings. The minimum Gasteiger partial charge on any atom is -0.476 e. The summed E-state index contributed by atoms with van der Waals surface area (Å²) in [5.41, 5.74) is -0.190. The zero-order chi connectivity index (χ0) is 14.9. The van der Waals surface area contributed by atoms with Crippen LogP contribution in [0.4, 0.5) is 8.78 Å². The van der Waals surface area contributed by atoms with E-state index in [4.69, 9.17) is 5.11 Å². The van der Waals surface area contributed by atoms with E-state index >= 15 is 0 Å². The minimum absolute atomic E-state index is 0.0191. The molecule has 0 aliphatic rings. The van der Waals surface area contributed by atoms with Gasteiger partial charge >= 0.3 is 5.97 Å². The Kier molecular flexibility index (Phi) is 4.12. The highest BCUT2D eigenvalue weighted by atomic mass is 79.9. The van der Waals surface area contributed by atoms with E-state index in [-0.39, 0.29) is 21.5 Å². The van der Waals surface area contributed by atoms with Crippen molar-refractivity contribution in [2.75, 3.05) is 0 Å². The van der Waals surface area contributed by atoms with Crippen molar-refractivity contribution < 1.29 is 18.7 Å². The van der Waals surface area contributed by atoms with Gasteiger partial charge in [-0.1, -0.05) is 18.6 Å². The lowest BCUT2D eigenvalue weighted by Crippen LogP contribution is -2.08. The average molecular weight is 346 g/mol. The summed E-state index contributed by atoms with van der Waals surface area (Å²) in [4.78, 5) is 11.1. The van der Waals surface area contributed by atoms with Gasteiger partial charge in [-0.2, -0.15) is 0 Å². The van der Waals surface area contributed by atoms with Crippen molar-refractivity contribution in [1.82, 2.24) is 15.0 Å². The predicted molar refractivity (Wildman–Crippen MR) is 69.9 cm³/mol. The third kappa shape index (κ3) is 2.55. The molecule has 0 aliphatic heterocycles. The average Bonchev–Trinajstić information content (AvgIpc) is 2.78. The van der Waals surface area contributed by atoms with Crippen LogP contribution in [-0.4, -0.2) is 26.1 Å². The highest BCUT2D eigenvalue weighted by molar-refractivity contribution is 9.10. The quantitative estimate of drug-likeness (QED) is 0.865. The lowest BCUT2D eigenvalue weighted by Gasteiger charge is -2.08. The molecule has 1 aromatic carbocycles. The number of carboxylic acid groups (broad SMARTS) is 1. The second kappa shape index (κ2) is 5.66. The molecule has 0 bridgehead atoms. The van der Waals surface area contributed by atoms with Crippen LogP contribution in [0.1, 0.15) is 29.5 Å². The van der Waals surface area contributed by atoms with E-state index in [0.29, 0.717) is 12.8 Å². The zero-order valence-corrected chi connectivity index (χ0v) is 12.0. The van der Waals surface area contributed by atoms with Gasteiger partial charge in [0, 0.05) is 6.07 Å². The number of carbonyl (C=O) groups is 1. The van der Waals surface area contributed by atoms with E-state index in [1.807, 2.05) is 6.92 Å². The van der Waals surface area contributed by atoms with Crippen molar-refractivity contribution in [2.24, 2.45) is 0 Å². The van der Waals surface area contributed by atoms with Gasteiger partial charge in [-0.25, -0.2) is 18.3 Å².